The van der Waals surface area contributed by atoms with Crippen molar-refractivity contribution >= 4 is 33.8 Å². The van der Waals surface area contributed by atoms with Gasteiger partial charge in [-0.2, -0.15) is 31.6 Å². The number of piperidine rings is 1. The molecule has 2 aromatic carbocycles. The van der Waals surface area contributed by atoms with Crippen LogP contribution in [-0.2, 0) is 27.4 Å². The number of thiophene rings is 1. The number of hydrogen-bond acceptors (Lipinski definition) is 5. The summed E-state index contributed by atoms with van der Waals surface area (Å²) in [4.78, 5) is 29.0. The molecule has 2 N–H and O–H groups in total. The molecule has 2 heterocycles. The summed E-state index contributed by atoms with van der Waals surface area (Å²) < 4.78 is 96.1. The van der Waals surface area contributed by atoms with Crippen LogP contribution in [0.1, 0.15) is 60.9 Å². The van der Waals surface area contributed by atoms with Crippen molar-refractivity contribution < 1.29 is 40.3 Å². The Morgan fingerprint density at radius 2 is 1.54 bits per heavy atom. The van der Waals surface area contributed by atoms with Gasteiger partial charge < -0.3 is 15.5 Å². The Kier molecular flexibility index (Phi) is 9.51. The average molecular weight is 669 g/mol. The lowest BCUT2D eigenvalue weighted by atomic mass is 9.81. The molecule has 1 aliphatic rings. The molecule has 1 aliphatic heterocycles. The normalized spacial score (nSPS) is 14.7. The van der Waals surface area contributed by atoms with E-state index in [1.54, 1.807) is 6.92 Å². The molecule has 0 bridgehead atoms. The minimum Gasteiger partial charge on any atom is -0.370 e. The zero-order valence-electron chi connectivity index (χ0n) is 25.4. The van der Waals surface area contributed by atoms with Crippen LogP contribution >= 0.6 is 11.3 Å². The molecule has 2 amide bonds. The molecule has 1 saturated heterocycles. The van der Waals surface area contributed by atoms with E-state index in [1.807, 2.05) is 4.90 Å². The highest BCUT2D eigenvalue weighted by Crippen LogP contribution is 2.50. The van der Waals surface area contributed by atoms with Gasteiger partial charge in [0.05, 0.1) is 27.1 Å². The van der Waals surface area contributed by atoms with Crippen molar-refractivity contribution in [1.82, 2.24) is 0 Å². The fraction of sp³-hybridized carbons (Fsp3) is 0.406. The summed E-state index contributed by atoms with van der Waals surface area (Å²) in [6.45, 7) is 4.99. The SMILES string of the molecule is Cc1cc(F)ccc1-c1sc(N2CCC(CC(N)=O)CC2)c(C#N)c1N(C)C(=O)C(C)(C)c1cc(C(F)(F)F)cc(C(F)(F)F)c1. The lowest BCUT2D eigenvalue weighted by Gasteiger charge is -2.33. The van der Waals surface area contributed by atoms with E-state index in [0.29, 0.717) is 59.1 Å². The molecule has 0 unspecified atom stereocenters. The Morgan fingerprint density at radius 1 is 1.00 bits per heavy atom. The van der Waals surface area contributed by atoms with Crippen molar-refractivity contribution in [3.8, 4) is 16.5 Å². The third-order valence-corrected chi connectivity index (χ3v) is 9.56. The predicted molar refractivity (Wildman–Crippen MR) is 161 cm³/mol. The first-order valence-corrected chi connectivity index (χ1v) is 15.0. The minimum absolute atomic E-state index is 0.00522. The fourth-order valence-electron chi connectivity index (χ4n) is 5.70. The van der Waals surface area contributed by atoms with Crippen molar-refractivity contribution in [2.75, 3.05) is 29.9 Å². The van der Waals surface area contributed by atoms with Gasteiger partial charge in [-0.25, -0.2) is 4.39 Å². The lowest BCUT2D eigenvalue weighted by molar-refractivity contribution is -0.143. The highest BCUT2D eigenvalue weighted by molar-refractivity contribution is 7.20. The number of carbonyl (C=O) groups excluding carboxylic acids is 2. The minimum atomic E-state index is -5.12. The van der Waals surface area contributed by atoms with Gasteiger partial charge in [0.15, 0.2) is 0 Å². The average Bonchev–Trinajstić information content (AvgIpc) is 3.34. The summed E-state index contributed by atoms with van der Waals surface area (Å²) in [6, 6.07) is 7.14. The van der Waals surface area contributed by atoms with Crippen LogP contribution in [0.3, 0.4) is 0 Å². The zero-order valence-corrected chi connectivity index (χ0v) is 26.2. The largest absolute Gasteiger partial charge is 0.416 e. The van der Waals surface area contributed by atoms with Crippen LogP contribution in [0.25, 0.3) is 10.4 Å². The van der Waals surface area contributed by atoms with Gasteiger partial charge in [0.25, 0.3) is 0 Å². The van der Waals surface area contributed by atoms with Crippen molar-refractivity contribution in [2.45, 2.75) is 57.8 Å². The van der Waals surface area contributed by atoms with Gasteiger partial charge in [-0.3, -0.25) is 9.59 Å². The van der Waals surface area contributed by atoms with E-state index in [4.69, 9.17) is 5.73 Å². The number of rotatable bonds is 7. The molecule has 246 valence electrons. The van der Waals surface area contributed by atoms with E-state index >= 15 is 0 Å². The molecule has 1 aromatic heterocycles. The van der Waals surface area contributed by atoms with Crippen molar-refractivity contribution in [2.24, 2.45) is 11.7 Å². The van der Waals surface area contributed by atoms with E-state index in [0.717, 1.165) is 4.90 Å². The first kappa shape index (κ1) is 34.7. The van der Waals surface area contributed by atoms with Crippen LogP contribution in [0.2, 0.25) is 0 Å². The Morgan fingerprint density at radius 3 is 2.02 bits per heavy atom. The highest BCUT2D eigenvalue weighted by atomic mass is 32.1. The Balaban J connectivity index is 1.85. The maximum Gasteiger partial charge on any atom is 0.416 e. The lowest BCUT2D eigenvalue weighted by Crippen LogP contribution is -2.42. The van der Waals surface area contributed by atoms with E-state index in [1.165, 1.54) is 50.4 Å². The molecule has 1 fully saturated rings. The van der Waals surface area contributed by atoms with Crippen LogP contribution in [0.4, 0.5) is 41.4 Å². The van der Waals surface area contributed by atoms with Crippen LogP contribution in [0.5, 0.6) is 0 Å². The molecule has 6 nitrogen and oxygen atoms in total. The van der Waals surface area contributed by atoms with Crippen molar-refractivity contribution in [1.29, 1.82) is 5.26 Å². The maximum absolute atomic E-state index is 14.2. The second kappa shape index (κ2) is 12.6. The van der Waals surface area contributed by atoms with Crippen LogP contribution < -0.4 is 15.5 Å². The van der Waals surface area contributed by atoms with Crippen molar-refractivity contribution in [3.05, 3.63) is 70.0 Å². The van der Waals surface area contributed by atoms with Gasteiger partial charge in [0.2, 0.25) is 11.8 Å². The van der Waals surface area contributed by atoms with Gasteiger partial charge in [0.1, 0.15) is 22.5 Å². The zero-order chi connectivity index (χ0) is 34.4. The number of nitrogens with two attached hydrogens (primary N) is 1. The van der Waals surface area contributed by atoms with Crippen LogP contribution in [0, 0.1) is 30.0 Å². The molecule has 46 heavy (non-hydrogen) atoms. The number of amides is 2. The third-order valence-electron chi connectivity index (χ3n) is 8.29. The molecule has 0 saturated carbocycles. The summed E-state index contributed by atoms with van der Waals surface area (Å²) in [5.74, 6) is -1.76. The first-order chi connectivity index (χ1) is 21.2. The first-order valence-electron chi connectivity index (χ1n) is 14.2. The number of hydrogen-bond donors (Lipinski definition) is 1. The van der Waals surface area contributed by atoms with Gasteiger partial charge in [-0.05, 0) is 86.6 Å². The third kappa shape index (κ3) is 6.99. The maximum atomic E-state index is 14.2. The van der Waals surface area contributed by atoms with Crippen LogP contribution in [0.15, 0.2) is 36.4 Å². The van der Waals surface area contributed by atoms with E-state index in [2.05, 4.69) is 6.07 Å². The van der Waals surface area contributed by atoms with E-state index < -0.39 is 52.1 Å². The molecular weight excluding hydrogens is 637 g/mol. The molecule has 4 rings (SSSR count). The smallest absolute Gasteiger partial charge is 0.370 e. The number of aryl methyl sites for hydroxylation is 1. The van der Waals surface area contributed by atoms with E-state index in [-0.39, 0.29) is 29.7 Å². The molecule has 0 aliphatic carbocycles. The molecule has 14 heteroatoms. The molecule has 0 spiro atoms. The molecular formula is C32H31F7N4O2S. The number of anilines is 2. The fourth-order valence-corrected chi connectivity index (χ4v) is 7.13. The summed E-state index contributed by atoms with van der Waals surface area (Å²) in [6.07, 6.45) is -8.81. The van der Waals surface area contributed by atoms with E-state index in [9.17, 15) is 45.6 Å². The van der Waals surface area contributed by atoms with Crippen molar-refractivity contribution in [3.63, 3.8) is 0 Å². The molecule has 3 aromatic rings. The number of likely N-dealkylation sites (N-methyl/N-ethyl adjacent to an activating group) is 1. The van der Waals surface area contributed by atoms with Gasteiger partial charge >= 0.3 is 12.4 Å². The molecule has 0 atom stereocenters. The number of primary amides is 1. The quantitative estimate of drug-likeness (QED) is 0.260. The van der Waals surface area contributed by atoms with Crippen LogP contribution in [-0.4, -0.2) is 32.0 Å². The molecule has 0 radical (unpaired) electrons. The highest BCUT2D eigenvalue weighted by Gasteiger charge is 2.42. The number of carbonyl (C=O) groups is 2. The summed E-state index contributed by atoms with van der Waals surface area (Å²) in [5.41, 5.74) is 0.937. The summed E-state index contributed by atoms with van der Waals surface area (Å²) in [5, 5.41) is 10.9. The second-order valence-corrected chi connectivity index (χ2v) is 12.9. The van der Waals surface area contributed by atoms with Gasteiger partial charge in [-0.15, -0.1) is 11.3 Å². The Hall–Kier alpha value is -4.12. The summed E-state index contributed by atoms with van der Waals surface area (Å²) >= 11 is 1.17. The summed E-state index contributed by atoms with van der Waals surface area (Å²) in [7, 11) is 1.30. The number of nitrogens with zero attached hydrogens (tertiary/aromatic N) is 3. The van der Waals surface area contributed by atoms with Gasteiger partial charge in [0, 0.05) is 26.6 Å². The Labute approximate surface area is 265 Å². The Bertz CT molecular complexity index is 1670. The number of nitriles is 1. The number of benzene rings is 2. The number of halogens is 7. The monoisotopic (exact) mass is 668 g/mol. The van der Waals surface area contributed by atoms with Gasteiger partial charge in [-0.1, -0.05) is 6.07 Å². The number of alkyl halides is 6. The second-order valence-electron chi connectivity index (χ2n) is 11.9. The topological polar surface area (TPSA) is 90.4 Å². The standard InChI is InChI=1S/C32H31F7N4O2S/c1-17-11-22(33)5-6-23(17)27-26(24(16-40)28(46-27)43-9-7-18(8-10-43)12-25(41)44)42(4)29(45)30(2,3)19-13-20(31(34,35)36)15-21(14-19)32(37,38)39/h5-6,11,13-15,18H,7-10,12H2,1-4H3,(H2,41,44). The predicted octanol–water partition coefficient (Wildman–Crippen LogP) is 7.80.